The Kier molecular flexibility index (Phi) is 4.68. The minimum absolute atomic E-state index is 0.0255. The summed E-state index contributed by atoms with van der Waals surface area (Å²) in [5.74, 6) is -0.456. The molecule has 0 heterocycles. The highest BCUT2D eigenvalue weighted by atomic mass is 79.9. The van der Waals surface area contributed by atoms with Crippen LogP contribution in [0.1, 0.15) is 22.8 Å². The second-order valence-corrected chi connectivity index (χ2v) is 5.44. The largest absolute Gasteiger partial charge is 0.416 e. The van der Waals surface area contributed by atoms with Gasteiger partial charge in [0.2, 0.25) is 0 Å². The van der Waals surface area contributed by atoms with E-state index >= 15 is 0 Å². The number of halogens is 5. The monoisotopic (exact) mass is 362 g/mol. The molecule has 2 aromatic carbocycles. The third-order valence-electron chi connectivity index (χ3n) is 3.00. The molecule has 1 atom stereocenters. The Morgan fingerprint density at radius 2 is 1.81 bits per heavy atom. The lowest BCUT2D eigenvalue weighted by molar-refractivity contribution is -0.137. The molecule has 2 aromatic rings. The van der Waals surface area contributed by atoms with E-state index in [0.29, 0.717) is 10.0 Å². The predicted octanol–water partition coefficient (Wildman–Crippen LogP) is 4.88. The lowest BCUT2D eigenvalue weighted by atomic mass is 9.99. The minimum Gasteiger partial charge on any atom is -0.388 e. The van der Waals surface area contributed by atoms with Crippen LogP contribution in [-0.4, -0.2) is 5.11 Å². The molecular formula is C15H11BrF4O. The molecule has 2 rings (SSSR count). The van der Waals surface area contributed by atoms with Crippen LogP contribution >= 0.6 is 15.9 Å². The summed E-state index contributed by atoms with van der Waals surface area (Å²) < 4.78 is 51.5. The first-order chi connectivity index (χ1) is 9.77. The highest BCUT2D eigenvalue weighted by Crippen LogP contribution is 2.34. The molecule has 0 amide bonds. The molecule has 21 heavy (non-hydrogen) atoms. The van der Waals surface area contributed by atoms with Crippen LogP contribution in [-0.2, 0) is 12.6 Å². The van der Waals surface area contributed by atoms with Gasteiger partial charge >= 0.3 is 6.18 Å². The van der Waals surface area contributed by atoms with Crippen LogP contribution in [0.25, 0.3) is 0 Å². The van der Waals surface area contributed by atoms with Crippen LogP contribution in [0.3, 0.4) is 0 Å². The molecule has 112 valence electrons. The molecule has 1 unspecified atom stereocenters. The van der Waals surface area contributed by atoms with Gasteiger partial charge < -0.3 is 5.11 Å². The molecular weight excluding hydrogens is 352 g/mol. The highest BCUT2D eigenvalue weighted by Gasteiger charge is 2.31. The van der Waals surface area contributed by atoms with Crippen molar-refractivity contribution in [1.82, 2.24) is 0 Å². The van der Waals surface area contributed by atoms with E-state index in [9.17, 15) is 22.7 Å². The van der Waals surface area contributed by atoms with Crippen molar-refractivity contribution in [1.29, 1.82) is 0 Å². The van der Waals surface area contributed by atoms with Crippen LogP contribution in [0.2, 0.25) is 0 Å². The highest BCUT2D eigenvalue weighted by molar-refractivity contribution is 9.10. The molecule has 0 saturated heterocycles. The Bertz CT molecular complexity index is 640. The number of benzene rings is 2. The SMILES string of the molecule is OC(Cc1cccc(F)c1)c1cc(C(F)(F)F)ccc1Br. The molecule has 1 N–H and O–H groups in total. The van der Waals surface area contributed by atoms with Crippen molar-refractivity contribution in [3.63, 3.8) is 0 Å². The maximum atomic E-state index is 13.1. The minimum atomic E-state index is -4.48. The normalized spacial score (nSPS) is 13.2. The second kappa shape index (κ2) is 6.15. The van der Waals surface area contributed by atoms with Crippen LogP contribution < -0.4 is 0 Å². The topological polar surface area (TPSA) is 20.2 Å². The molecule has 0 aliphatic heterocycles. The lowest BCUT2D eigenvalue weighted by Gasteiger charge is -2.16. The maximum absolute atomic E-state index is 13.1. The lowest BCUT2D eigenvalue weighted by Crippen LogP contribution is -2.09. The van der Waals surface area contributed by atoms with Gasteiger partial charge in [-0.15, -0.1) is 0 Å². The molecule has 0 aromatic heterocycles. The molecule has 6 heteroatoms. The van der Waals surface area contributed by atoms with E-state index in [-0.39, 0.29) is 12.0 Å². The molecule has 0 saturated carbocycles. The predicted molar refractivity (Wildman–Crippen MR) is 74.2 cm³/mol. The first-order valence-corrected chi connectivity index (χ1v) is 6.86. The van der Waals surface area contributed by atoms with Crippen molar-refractivity contribution < 1.29 is 22.7 Å². The van der Waals surface area contributed by atoms with Crippen LogP contribution in [0, 0.1) is 5.82 Å². The third-order valence-corrected chi connectivity index (χ3v) is 3.72. The van der Waals surface area contributed by atoms with Crippen LogP contribution in [0.15, 0.2) is 46.9 Å². The van der Waals surface area contributed by atoms with Crippen LogP contribution in [0.4, 0.5) is 17.6 Å². The van der Waals surface area contributed by atoms with E-state index < -0.39 is 23.7 Å². The first kappa shape index (κ1) is 16.0. The maximum Gasteiger partial charge on any atom is 0.416 e. The average Bonchev–Trinajstić information content (AvgIpc) is 2.37. The van der Waals surface area contributed by atoms with E-state index in [4.69, 9.17) is 0 Å². The van der Waals surface area contributed by atoms with Gasteiger partial charge in [-0.05, 0) is 41.5 Å². The second-order valence-electron chi connectivity index (χ2n) is 4.58. The Hall–Kier alpha value is -1.40. The molecule has 0 aliphatic carbocycles. The quantitative estimate of drug-likeness (QED) is 0.771. The Morgan fingerprint density at radius 3 is 2.43 bits per heavy atom. The number of hydrogen-bond acceptors (Lipinski definition) is 1. The summed E-state index contributed by atoms with van der Waals surface area (Å²) >= 11 is 3.12. The van der Waals surface area contributed by atoms with Gasteiger partial charge in [-0.1, -0.05) is 28.1 Å². The van der Waals surface area contributed by atoms with Gasteiger partial charge in [0, 0.05) is 10.9 Å². The van der Waals surface area contributed by atoms with Crippen LogP contribution in [0.5, 0.6) is 0 Å². The molecule has 0 spiro atoms. The van der Waals surface area contributed by atoms with Crippen molar-refractivity contribution in [2.45, 2.75) is 18.7 Å². The average molecular weight is 363 g/mol. The fourth-order valence-electron chi connectivity index (χ4n) is 1.97. The zero-order valence-electron chi connectivity index (χ0n) is 10.7. The van der Waals surface area contributed by atoms with E-state index in [1.54, 1.807) is 6.07 Å². The van der Waals surface area contributed by atoms with E-state index in [1.807, 2.05) is 0 Å². The van der Waals surface area contributed by atoms with Crippen molar-refractivity contribution in [2.75, 3.05) is 0 Å². The summed E-state index contributed by atoms with van der Waals surface area (Å²) in [6.45, 7) is 0. The Balaban J connectivity index is 2.28. The summed E-state index contributed by atoms with van der Waals surface area (Å²) in [4.78, 5) is 0. The van der Waals surface area contributed by atoms with Gasteiger partial charge in [-0.2, -0.15) is 13.2 Å². The Labute approximate surface area is 127 Å². The molecule has 0 bridgehead atoms. The molecule has 0 aliphatic rings. The summed E-state index contributed by atoms with van der Waals surface area (Å²) in [7, 11) is 0. The zero-order chi connectivity index (χ0) is 15.6. The smallest absolute Gasteiger partial charge is 0.388 e. The first-order valence-electron chi connectivity index (χ1n) is 6.06. The van der Waals surface area contributed by atoms with Crippen molar-refractivity contribution in [3.8, 4) is 0 Å². The van der Waals surface area contributed by atoms with Gasteiger partial charge in [0.15, 0.2) is 0 Å². The van der Waals surface area contributed by atoms with Crippen molar-refractivity contribution >= 4 is 15.9 Å². The van der Waals surface area contributed by atoms with Crippen molar-refractivity contribution in [3.05, 3.63) is 69.4 Å². The fraction of sp³-hybridized carbons (Fsp3) is 0.200. The number of aliphatic hydroxyl groups excluding tert-OH is 1. The summed E-state index contributed by atoms with van der Waals surface area (Å²) in [6.07, 6.45) is -5.62. The number of aliphatic hydroxyl groups is 1. The van der Waals surface area contributed by atoms with E-state index in [0.717, 1.165) is 12.1 Å². The molecule has 0 fully saturated rings. The van der Waals surface area contributed by atoms with Gasteiger partial charge in [0.05, 0.1) is 11.7 Å². The van der Waals surface area contributed by atoms with E-state index in [1.165, 1.54) is 24.3 Å². The third kappa shape index (κ3) is 4.04. The van der Waals surface area contributed by atoms with Gasteiger partial charge in [-0.25, -0.2) is 4.39 Å². The van der Waals surface area contributed by atoms with Gasteiger partial charge in [0.25, 0.3) is 0 Å². The van der Waals surface area contributed by atoms with Gasteiger partial charge in [0.1, 0.15) is 5.82 Å². The standard InChI is InChI=1S/C15H11BrF4O/c16-13-5-4-10(15(18,19)20)8-12(13)14(21)7-9-2-1-3-11(17)6-9/h1-6,8,14,21H,7H2. The molecule has 1 nitrogen and oxygen atoms in total. The fourth-order valence-corrected chi connectivity index (χ4v) is 2.48. The number of hydrogen-bond donors (Lipinski definition) is 1. The summed E-state index contributed by atoms with van der Waals surface area (Å²) in [5.41, 5.74) is -0.208. The Morgan fingerprint density at radius 1 is 1.10 bits per heavy atom. The summed E-state index contributed by atoms with van der Waals surface area (Å²) in [5, 5.41) is 10.1. The zero-order valence-corrected chi connectivity index (χ0v) is 12.2. The number of alkyl halides is 3. The number of rotatable bonds is 3. The van der Waals surface area contributed by atoms with E-state index in [2.05, 4.69) is 15.9 Å². The van der Waals surface area contributed by atoms with Crippen molar-refractivity contribution in [2.24, 2.45) is 0 Å². The van der Waals surface area contributed by atoms with Gasteiger partial charge in [-0.3, -0.25) is 0 Å². The summed E-state index contributed by atoms with van der Waals surface area (Å²) in [6, 6.07) is 8.66. The molecule has 0 radical (unpaired) electrons.